The van der Waals surface area contributed by atoms with Crippen LogP contribution in [0.3, 0.4) is 0 Å². The summed E-state index contributed by atoms with van der Waals surface area (Å²) in [7, 11) is 0. The molecular formula is C14H24O3. The van der Waals surface area contributed by atoms with E-state index in [-0.39, 0.29) is 5.97 Å². The van der Waals surface area contributed by atoms with Crippen LogP contribution < -0.4 is 0 Å². The van der Waals surface area contributed by atoms with E-state index in [0.717, 1.165) is 25.9 Å². The Morgan fingerprint density at radius 1 is 0.882 bits per heavy atom. The zero-order chi connectivity index (χ0) is 12.8. The molecule has 0 aromatic heterocycles. The Bertz CT molecular complexity index is 212. The fourth-order valence-corrected chi connectivity index (χ4v) is 1.49. The lowest BCUT2D eigenvalue weighted by atomic mass is 10.1. The zero-order valence-electron chi connectivity index (χ0n) is 10.7. The third-order valence-electron chi connectivity index (χ3n) is 2.44. The summed E-state index contributed by atoms with van der Waals surface area (Å²) in [6.45, 7) is 8.12. The van der Waals surface area contributed by atoms with Gasteiger partial charge in [-0.1, -0.05) is 45.3 Å². The highest BCUT2D eigenvalue weighted by Gasteiger charge is 1.95. The zero-order valence-corrected chi connectivity index (χ0v) is 10.7. The molecular weight excluding hydrogens is 216 g/mol. The van der Waals surface area contributed by atoms with Gasteiger partial charge in [-0.25, -0.2) is 4.79 Å². The molecule has 0 rings (SSSR count). The molecule has 98 valence electrons. The summed E-state index contributed by atoms with van der Waals surface area (Å²) >= 11 is 0. The summed E-state index contributed by atoms with van der Waals surface area (Å²) in [6.07, 6.45) is 10.7. The molecule has 3 heteroatoms. The summed E-state index contributed by atoms with van der Waals surface area (Å²) in [5.41, 5.74) is 0. The van der Waals surface area contributed by atoms with Crippen molar-refractivity contribution in [3.05, 3.63) is 25.5 Å². The molecule has 0 N–H and O–H groups in total. The number of hydrogen-bond donors (Lipinski definition) is 0. The topological polar surface area (TPSA) is 35.5 Å². The summed E-state index contributed by atoms with van der Waals surface area (Å²) in [5.74, 6) is -0.327. The van der Waals surface area contributed by atoms with Crippen molar-refractivity contribution in [1.82, 2.24) is 0 Å². The van der Waals surface area contributed by atoms with Gasteiger partial charge in [0.2, 0.25) is 0 Å². The van der Waals surface area contributed by atoms with E-state index in [4.69, 9.17) is 9.47 Å². The Kier molecular flexibility index (Phi) is 11.9. The fourth-order valence-electron chi connectivity index (χ4n) is 1.49. The lowest BCUT2D eigenvalue weighted by Crippen LogP contribution is -2.01. The number of carbonyl (C=O) groups excluding carboxylic acids is 1. The number of carbonyl (C=O) groups is 1. The van der Waals surface area contributed by atoms with Crippen LogP contribution in [-0.4, -0.2) is 19.2 Å². The maximum Gasteiger partial charge on any atom is 0.330 e. The van der Waals surface area contributed by atoms with Crippen LogP contribution >= 0.6 is 0 Å². The molecule has 0 heterocycles. The van der Waals surface area contributed by atoms with Gasteiger partial charge in [-0.15, -0.1) is 0 Å². The SMILES string of the molecule is C=COCCCCCCCCCOC(=O)C=C. The van der Waals surface area contributed by atoms with Crippen LogP contribution in [0.15, 0.2) is 25.5 Å². The van der Waals surface area contributed by atoms with Gasteiger partial charge in [0.15, 0.2) is 0 Å². The Balaban J connectivity index is 3.01. The van der Waals surface area contributed by atoms with Crippen molar-refractivity contribution >= 4 is 5.97 Å². The van der Waals surface area contributed by atoms with E-state index in [1.54, 1.807) is 0 Å². The molecule has 0 saturated heterocycles. The first kappa shape index (κ1) is 15.8. The molecule has 0 bridgehead atoms. The predicted octanol–water partition coefficient (Wildman–Crippen LogP) is 3.61. The number of unbranched alkanes of at least 4 members (excludes halogenated alkanes) is 6. The van der Waals surface area contributed by atoms with E-state index in [9.17, 15) is 4.79 Å². The van der Waals surface area contributed by atoms with E-state index in [0.29, 0.717) is 6.61 Å². The molecule has 0 aliphatic carbocycles. The van der Waals surface area contributed by atoms with E-state index in [1.165, 1.54) is 38.0 Å². The predicted molar refractivity (Wildman–Crippen MR) is 69.6 cm³/mol. The third kappa shape index (κ3) is 12.7. The average Bonchev–Trinajstić information content (AvgIpc) is 2.35. The second-order valence-electron chi connectivity index (χ2n) is 3.88. The van der Waals surface area contributed by atoms with Crippen LogP contribution in [0.5, 0.6) is 0 Å². The normalized spacial score (nSPS) is 9.65. The van der Waals surface area contributed by atoms with Crippen molar-refractivity contribution in [2.45, 2.75) is 44.9 Å². The lowest BCUT2D eigenvalue weighted by Gasteiger charge is -2.03. The molecule has 0 aliphatic heterocycles. The van der Waals surface area contributed by atoms with Gasteiger partial charge < -0.3 is 9.47 Å². The smallest absolute Gasteiger partial charge is 0.330 e. The number of esters is 1. The van der Waals surface area contributed by atoms with Crippen LogP contribution in [0.1, 0.15) is 44.9 Å². The minimum atomic E-state index is -0.327. The van der Waals surface area contributed by atoms with E-state index in [1.807, 2.05) is 0 Å². The van der Waals surface area contributed by atoms with Crippen molar-refractivity contribution in [1.29, 1.82) is 0 Å². The van der Waals surface area contributed by atoms with Crippen LogP contribution in [0, 0.1) is 0 Å². The molecule has 0 aliphatic rings. The van der Waals surface area contributed by atoms with Crippen molar-refractivity contribution in [2.24, 2.45) is 0 Å². The van der Waals surface area contributed by atoms with Crippen molar-refractivity contribution in [2.75, 3.05) is 13.2 Å². The van der Waals surface area contributed by atoms with Gasteiger partial charge in [-0.3, -0.25) is 0 Å². The lowest BCUT2D eigenvalue weighted by molar-refractivity contribution is -0.137. The van der Waals surface area contributed by atoms with Gasteiger partial charge >= 0.3 is 5.97 Å². The van der Waals surface area contributed by atoms with Crippen LogP contribution in [0.25, 0.3) is 0 Å². The molecule has 0 atom stereocenters. The van der Waals surface area contributed by atoms with Crippen molar-refractivity contribution < 1.29 is 14.3 Å². The Morgan fingerprint density at radius 3 is 1.94 bits per heavy atom. The van der Waals surface area contributed by atoms with Crippen LogP contribution in [0.2, 0.25) is 0 Å². The molecule has 0 amide bonds. The molecule has 0 aromatic carbocycles. The third-order valence-corrected chi connectivity index (χ3v) is 2.44. The van der Waals surface area contributed by atoms with Crippen LogP contribution in [-0.2, 0) is 14.3 Å². The molecule has 3 nitrogen and oxygen atoms in total. The quantitative estimate of drug-likeness (QED) is 0.226. The number of rotatable bonds is 12. The maximum absolute atomic E-state index is 10.7. The van der Waals surface area contributed by atoms with E-state index >= 15 is 0 Å². The molecule has 0 spiro atoms. The molecule has 0 radical (unpaired) electrons. The van der Waals surface area contributed by atoms with E-state index < -0.39 is 0 Å². The van der Waals surface area contributed by atoms with Gasteiger partial charge in [0.1, 0.15) is 0 Å². The molecule has 0 unspecified atom stereocenters. The summed E-state index contributed by atoms with van der Waals surface area (Å²) < 4.78 is 9.91. The summed E-state index contributed by atoms with van der Waals surface area (Å²) in [4.78, 5) is 10.7. The standard InChI is InChI=1S/C14H24O3/c1-3-14(15)17-13-11-9-7-5-6-8-10-12-16-4-2/h3-4H,1-2,5-13H2. The molecule has 0 saturated carbocycles. The summed E-state index contributed by atoms with van der Waals surface area (Å²) in [6, 6.07) is 0. The highest BCUT2D eigenvalue weighted by molar-refractivity contribution is 5.81. The van der Waals surface area contributed by atoms with Gasteiger partial charge in [-0.2, -0.15) is 0 Å². The molecule has 17 heavy (non-hydrogen) atoms. The van der Waals surface area contributed by atoms with Gasteiger partial charge in [-0.05, 0) is 12.8 Å². The monoisotopic (exact) mass is 240 g/mol. The minimum absolute atomic E-state index is 0.327. The van der Waals surface area contributed by atoms with Crippen LogP contribution in [0.4, 0.5) is 0 Å². The summed E-state index contributed by atoms with van der Waals surface area (Å²) in [5, 5.41) is 0. The second kappa shape index (κ2) is 12.8. The number of ether oxygens (including phenoxy) is 2. The van der Waals surface area contributed by atoms with Gasteiger partial charge in [0.25, 0.3) is 0 Å². The molecule has 0 fully saturated rings. The first-order valence-electron chi connectivity index (χ1n) is 6.33. The van der Waals surface area contributed by atoms with Crippen molar-refractivity contribution in [3.8, 4) is 0 Å². The largest absolute Gasteiger partial charge is 0.502 e. The second-order valence-corrected chi connectivity index (χ2v) is 3.88. The highest BCUT2D eigenvalue weighted by atomic mass is 16.5. The molecule has 0 aromatic rings. The first-order valence-corrected chi connectivity index (χ1v) is 6.33. The van der Waals surface area contributed by atoms with Crippen molar-refractivity contribution in [3.63, 3.8) is 0 Å². The first-order chi connectivity index (χ1) is 8.31. The highest BCUT2D eigenvalue weighted by Crippen LogP contribution is 2.07. The van der Waals surface area contributed by atoms with E-state index in [2.05, 4.69) is 13.2 Å². The minimum Gasteiger partial charge on any atom is -0.502 e. The number of hydrogen-bond acceptors (Lipinski definition) is 3. The van der Waals surface area contributed by atoms with Gasteiger partial charge in [0.05, 0.1) is 19.5 Å². The Morgan fingerprint density at radius 2 is 1.41 bits per heavy atom. The Hall–Kier alpha value is -1.25. The van der Waals surface area contributed by atoms with Gasteiger partial charge in [0, 0.05) is 6.08 Å². The maximum atomic E-state index is 10.7. The fraction of sp³-hybridized carbons (Fsp3) is 0.643. The Labute approximate surface area is 104 Å². The average molecular weight is 240 g/mol.